The molecule has 1 aromatic heterocycles. The molecule has 2 heterocycles. The van der Waals surface area contributed by atoms with Crippen LogP contribution in [0.3, 0.4) is 0 Å². The van der Waals surface area contributed by atoms with E-state index in [9.17, 15) is 4.79 Å². The summed E-state index contributed by atoms with van der Waals surface area (Å²) in [6, 6.07) is 1.73. The lowest BCUT2D eigenvalue weighted by Crippen LogP contribution is -2.25. The molecule has 0 N–H and O–H groups in total. The van der Waals surface area contributed by atoms with E-state index in [1.165, 1.54) is 0 Å². The Morgan fingerprint density at radius 2 is 2.40 bits per heavy atom. The van der Waals surface area contributed by atoms with E-state index < -0.39 is 0 Å². The fraction of sp³-hybridized carbons (Fsp3) is 0.333. The van der Waals surface area contributed by atoms with E-state index >= 15 is 0 Å². The Labute approximate surface area is 114 Å². The largest absolute Gasteiger partial charge is 0.296 e. The van der Waals surface area contributed by atoms with Crippen LogP contribution in [0.4, 0.5) is 5.82 Å². The van der Waals surface area contributed by atoms with E-state index in [1.54, 1.807) is 17.2 Å². The monoisotopic (exact) mass is 400 g/mol. The van der Waals surface area contributed by atoms with Gasteiger partial charge in [0.1, 0.15) is 5.82 Å². The molecule has 3 nitrogen and oxygen atoms in total. The second-order valence-electron chi connectivity index (χ2n) is 3.26. The molecule has 0 radical (unpaired) electrons. The SMILES string of the molecule is O=C1CC(Br)CN1c1cc(Cl)c(I)cn1. The highest BCUT2D eigenvalue weighted by atomic mass is 127. The zero-order chi connectivity index (χ0) is 11.0. The number of pyridine rings is 1. The van der Waals surface area contributed by atoms with Gasteiger partial charge in [-0.3, -0.25) is 9.69 Å². The predicted octanol–water partition coefficient (Wildman–Crippen LogP) is 2.84. The van der Waals surface area contributed by atoms with Gasteiger partial charge in [-0.2, -0.15) is 0 Å². The van der Waals surface area contributed by atoms with Gasteiger partial charge in [0.05, 0.1) is 8.59 Å². The minimum Gasteiger partial charge on any atom is -0.296 e. The Hall–Kier alpha value is 0.120. The van der Waals surface area contributed by atoms with Gasteiger partial charge >= 0.3 is 0 Å². The van der Waals surface area contributed by atoms with Gasteiger partial charge in [0.2, 0.25) is 5.91 Å². The third-order valence-corrected chi connectivity index (χ3v) is 4.25. The van der Waals surface area contributed by atoms with Gasteiger partial charge in [-0.05, 0) is 22.6 Å². The number of nitrogens with zero attached hydrogens (tertiary/aromatic N) is 2. The lowest BCUT2D eigenvalue weighted by molar-refractivity contribution is -0.117. The van der Waals surface area contributed by atoms with Crippen molar-refractivity contribution in [3.8, 4) is 0 Å². The van der Waals surface area contributed by atoms with Crippen molar-refractivity contribution in [1.82, 2.24) is 4.98 Å². The molecule has 0 bridgehead atoms. The number of carbonyl (C=O) groups is 1. The van der Waals surface area contributed by atoms with Crippen LogP contribution in [0.15, 0.2) is 12.3 Å². The maximum absolute atomic E-state index is 11.6. The molecule has 1 aliphatic rings. The number of hydrogen-bond acceptors (Lipinski definition) is 2. The van der Waals surface area contributed by atoms with Gasteiger partial charge in [0.25, 0.3) is 0 Å². The van der Waals surface area contributed by atoms with Crippen LogP contribution in [0.2, 0.25) is 5.02 Å². The molecule has 80 valence electrons. The first-order chi connectivity index (χ1) is 7.08. The summed E-state index contributed by atoms with van der Waals surface area (Å²) >= 11 is 11.5. The van der Waals surface area contributed by atoms with Crippen LogP contribution >= 0.6 is 50.1 Å². The van der Waals surface area contributed by atoms with Crippen LogP contribution in [0.25, 0.3) is 0 Å². The highest BCUT2D eigenvalue weighted by Gasteiger charge is 2.29. The van der Waals surface area contributed by atoms with Crippen molar-refractivity contribution < 1.29 is 4.79 Å². The number of alkyl halides is 1. The third kappa shape index (κ3) is 2.45. The van der Waals surface area contributed by atoms with E-state index in [1.807, 2.05) is 0 Å². The van der Waals surface area contributed by atoms with Crippen molar-refractivity contribution in [2.45, 2.75) is 11.2 Å². The molecule has 0 aliphatic carbocycles. The molecule has 1 aromatic rings. The summed E-state index contributed by atoms with van der Waals surface area (Å²) in [6.07, 6.45) is 2.19. The predicted molar refractivity (Wildman–Crippen MR) is 71.6 cm³/mol. The van der Waals surface area contributed by atoms with Crippen LogP contribution < -0.4 is 4.90 Å². The molecule has 0 saturated carbocycles. The molecule has 2 rings (SSSR count). The molecular weight excluding hydrogens is 394 g/mol. The fourth-order valence-corrected chi connectivity index (χ4v) is 2.44. The lowest BCUT2D eigenvalue weighted by Gasteiger charge is -2.14. The average Bonchev–Trinajstić information content (AvgIpc) is 2.50. The Morgan fingerprint density at radius 3 is 2.93 bits per heavy atom. The van der Waals surface area contributed by atoms with Crippen LogP contribution in [0.1, 0.15) is 6.42 Å². The molecule has 0 spiro atoms. The van der Waals surface area contributed by atoms with Gasteiger partial charge in [-0.1, -0.05) is 27.5 Å². The number of hydrogen-bond donors (Lipinski definition) is 0. The second kappa shape index (κ2) is 4.55. The van der Waals surface area contributed by atoms with Crippen molar-refractivity contribution in [2.75, 3.05) is 11.4 Å². The van der Waals surface area contributed by atoms with E-state index in [4.69, 9.17) is 11.6 Å². The summed E-state index contributed by atoms with van der Waals surface area (Å²) in [5.41, 5.74) is 0. The molecule has 6 heteroatoms. The van der Waals surface area contributed by atoms with Crippen LogP contribution in [-0.4, -0.2) is 22.3 Å². The maximum atomic E-state index is 11.6. The Kier molecular flexibility index (Phi) is 3.52. The fourth-order valence-electron chi connectivity index (χ4n) is 1.44. The maximum Gasteiger partial charge on any atom is 0.229 e. The molecular formula is C9H7BrClIN2O. The topological polar surface area (TPSA) is 33.2 Å². The van der Waals surface area contributed by atoms with Gasteiger partial charge in [-0.15, -0.1) is 0 Å². The van der Waals surface area contributed by atoms with E-state index in [0.717, 1.165) is 3.57 Å². The number of aromatic nitrogens is 1. The molecule has 1 amide bonds. The molecule has 0 aromatic carbocycles. The molecule has 1 fully saturated rings. The summed E-state index contributed by atoms with van der Waals surface area (Å²) in [5.74, 6) is 0.717. The van der Waals surface area contributed by atoms with Crippen LogP contribution in [0, 0.1) is 3.57 Å². The number of anilines is 1. The summed E-state index contributed by atoms with van der Waals surface area (Å²) in [4.78, 5) is 17.7. The zero-order valence-electron chi connectivity index (χ0n) is 7.58. The number of amides is 1. The first kappa shape index (κ1) is 11.6. The van der Waals surface area contributed by atoms with E-state index in [-0.39, 0.29) is 10.7 Å². The van der Waals surface area contributed by atoms with Crippen molar-refractivity contribution in [2.24, 2.45) is 0 Å². The minimum absolute atomic E-state index is 0.0849. The highest BCUT2D eigenvalue weighted by molar-refractivity contribution is 14.1. The summed E-state index contributed by atoms with van der Waals surface area (Å²) in [6.45, 7) is 0.656. The summed E-state index contributed by atoms with van der Waals surface area (Å²) < 4.78 is 0.889. The Morgan fingerprint density at radius 1 is 1.67 bits per heavy atom. The molecule has 1 unspecified atom stereocenters. The van der Waals surface area contributed by atoms with Crippen molar-refractivity contribution >= 4 is 61.8 Å². The summed E-state index contributed by atoms with van der Waals surface area (Å²) in [5, 5.41) is 0.631. The number of carbonyl (C=O) groups excluding carboxylic acids is 1. The summed E-state index contributed by atoms with van der Waals surface area (Å²) in [7, 11) is 0. The molecule has 1 atom stereocenters. The highest BCUT2D eigenvalue weighted by Crippen LogP contribution is 2.27. The molecule has 1 aliphatic heterocycles. The van der Waals surface area contributed by atoms with Gasteiger partial charge < -0.3 is 0 Å². The van der Waals surface area contributed by atoms with Crippen molar-refractivity contribution in [3.63, 3.8) is 0 Å². The Balaban J connectivity index is 2.30. The van der Waals surface area contributed by atoms with E-state index in [2.05, 4.69) is 43.5 Å². The van der Waals surface area contributed by atoms with Crippen LogP contribution in [0.5, 0.6) is 0 Å². The normalized spacial score (nSPS) is 21.1. The number of halogens is 3. The first-order valence-electron chi connectivity index (χ1n) is 4.33. The van der Waals surface area contributed by atoms with Gasteiger partial charge in [-0.25, -0.2) is 4.98 Å². The third-order valence-electron chi connectivity index (χ3n) is 2.15. The smallest absolute Gasteiger partial charge is 0.229 e. The van der Waals surface area contributed by atoms with Crippen molar-refractivity contribution in [3.05, 3.63) is 20.9 Å². The average molecular weight is 401 g/mol. The number of rotatable bonds is 1. The van der Waals surface area contributed by atoms with Crippen molar-refractivity contribution in [1.29, 1.82) is 0 Å². The first-order valence-corrected chi connectivity index (χ1v) is 6.70. The molecule has 1 saturated heterocycles. The van der Waals surface area contributed by atoms with E-state index in [0.29, 0.717) is 23.8 Å². The van der Waals surface area contributed by atoms with Crippen LogP contribution in [-0.2, 0) is 4.79 Å². The Bertz CT molecular complexity index is 415. The second-order valence-corrected chi connectivity index (χ2v) is 6.13. The minimum atomic E-state index is 0.0849. The lowest BCUT2D eigenvalue weighted by atomic mass is 10.4. The van der Waals surface area contributed by atoms with Gasteiger partial charge in [0, 0.05) is 30.1 Å². The molecule has 15 heavy (non-hydrogen) atoms. The van der Waals surface area contributed by atoms with Gasteiger partial charge in [0.15, 0.2) is 0 Å². The zero-order valence-corrected chi connectivity index (χ0v) is 12.1. The quantitative estimate of drug-likeness (QED) is 0.536. The standard InChI is InChI=1S/C9H7BrClIN2O/c10-5-1-9(15)14(4-5)8-2-6(11)7(12)3-13-8/h2-3,5H,1,4H2.